The zero-order chi connectivity index (χ0) is 10.1. The van der Waals surface area contributed by atoms with Gasteiger partial charge >= 0.3 is 0 Å². The number of hydrogen-bond acceptors (Lipinski definition) is 2. The molecule has 2 rings (SSSR count). The van der Waals surface area contributed by atoms with Crippen molar-refractivity contribution in [3.63, 3.8) is 0 Å². The van der Waals surface area contributed by atoms with Crippen LogP contribution < -0.4 is 0 Å². The molecule has 0 aromatic carbocycles. The quantitative estimate of drug-likeness (QED) is 0.795. The van der Waals surface area contributed by atoms with Crippen molar-refractivity contribution in [1.29, 1.82) is 5.41 Å². The number of nitrogens with zero attached hydrogens (tertiary/aromatic N) is 1. The molecule has 0 radical (unpaired) electrons. The maximum Gasteiger partial charge on any atom is 0.0961 e. The van der Waals surface area contributed by atoms with Gasteiger partial charge in [-0.05, 0) is 36.8 Å². The summed E-state index contributed by atoms with van der Waals surface area (Å²) in [4.78, 5) is 3.60. The third kappa shape index (κ3) is 1.69. The number of rotatable bonds is 2. The Kier molecular flexibility index (Phi) is 2.59. The Morgan fingerprint density at radius 1 is 1.50 bits per heavy atom. The average molecular weight is 208 g/mol. The standard InChI is InChI=1S/C11H16N2S/c1-8-9(2)14-7-10(8)6-13-5-3-4-11(13)12/h7,12H,3-6H2,1-2H3. The minimum Gasteiger partial charge on any atom is -0.356 e. The Labute approximate surface area is 89.1 Å². The molecule has 2 heterocycles. The van der Waals surface area contributed by atoms with Crippen molar-refractivity contribution in [2.24, 2.45) is 0 Å². The predicted molar refractivity (Wildman–Crippen MR) is 61.2 cm³/mol. The Bertz CT molecular complexity index is 354. The minimum atomic E-state index is 0.813. The van der Waals surface area contributed by atoms with E-state index in [0.717, 1.165) is 31.8 Å². The molecule has 14 heavy (non-hydrogen) atoms. The van der Waals surface area contributed by atoms with E-state index in [1.807, 2.05) is 11.3 Å². The fraction of sp³-hybridized carbons (Fsp3) is 0.545. The maximum absolute atomic E-state index is 7.76. The maximum atomic E-state index is 7.76. The first kappa shape index (κ1) is 9.71. The highest BCUT2D eigenvalue weighted by Crippen LogP contribution is 2.23. The van der Waals surface area contributed by atoms with Gasteiger partial charge in [-0.1, -0.05) is 0 Å². The van der Waals surface area contributed by atoms with E-state index >= 15 is 0 Å². The molecular weight excluding hydrogens is 192 g/mol. The second-order valence-corrected chi connectivity index (χ2v) is 5.00. The molecule has 0 saturated carbocycles. The molecular formula is C11H16N2S. The third-order valence-electron chi connectivity index (χ3n) is 2.97. The first-order valence-corrected chi connectivity index (χ1v) is 5.92. The summed E-state index contributed by atoms with van der Waals surface area (Å²) in [6.45, 7) is 6.35. The summed E-state index contributed by atoms with van der Waals surface area (Å²) in [7, 11) is 0. The van der Waals surface area contributed by atoms with Crippen LogP contribution in [0, 0.1) is 19.3 Å². The van der Waals surface area contributed by atoms with Crippen LogP contribution in [0.5, 0.6) is 0 Å². The van der Waals surface area contributed by atoms with Crippen LogP contribution in [0.3, 0.4) is 0 Å². The van der Waals surface area contributed by atoms with Crippen LogP contribution >= 0.6 is 11.3 Å². The van der Waals surface area contributed by atoms with Crippen molar-refractivity contribution < 1.29 is 0 Å². The van der Waals surface area contributed by atoms with E-state index in [1.54, 1.807) is 0 Å². The lowest BCUT2D eigenvalue weighted by molar-refractivity contribution is 0.445. The van der Waals surface area contributed by atoms with Gasteiger partial charge in [-0.2, -0.15) is 0 Å². The van der Waals surface area contributed by atoms with Crippen LogP contribution in [0.1, 0.15) is 28.8 Å². The Morgan fingerprint density at radius 2 is 2.29 bits per heavy atom. The van der Waals surface area contributed by atoms with Crippen molar-refractivity contribution in [2.45, 2.75) is 33.2 Å². The second kappa shape index (κ2) is 3.73. The average Bonchev–Trinajstić information content (AvgIpc) is 2.68. The molecule has 0 amide bonds. The number of aryl methyl sites for hydroxylation is 1. The van der Waals surface area contributed by atoms with Crippen molar-refractivity contribution in [3.8, 4) is 0 Å². The van der Waals surface area contributed by atoms with Crippen LogP contribution in [-0.4, -0.2) is 17.3 Å². The van der Waals surface area contributed by atoms with Gasteiger partial charge in [-0.25, -0.2) is 0 Å². The largest absolute Gasteiger partial charge is 0.356 e. The number of likely N-dealkylation sites (tertiary alicyclic amines) is 1. The third-order valence-corrected chi connectivity index (χ3v) is 4.03. The first-order valence-electron chi connectivity index (χ1n) is 5.04. The molecule has 0 spiro atoms. The van der Waals surface area contributed by atoms with Gasteiger partial charge in [0.15, 0.2) is 0 Å². The van der Waals surface area contributed by atoms with E-state index in [0.29, 0.717) is 0 Å². The number of amidine groups is 1. The summed E-state index contributed by atoms with van der Waals surface area (Å²) in [5, 5.41) is 9.99. The fourth-order valence-electron chi connectivity index (χ4n) is 1.83. The lowest BCUT2D eigenvalue weighted by atomic mass is 10.2. The van der Waals surface area contributed by atoms with Gasteiger partial charge in [0.2, 0.25) is 0 Å². The highest BCUT2D eigenvalue weighted by Gasteiger charge is 2.18. The van der Waals surface area contributed by atoms with E-state index < -0.39 is 0 Å². The molecule has 0 atom stereocenters. The molecule has 0 unspecified atom stereocenters. The molecule has 0 aliphatic carbocycles. The van der Waals surface area contributed by atoms with Crippen LogP contribution in [0.25, 0.3) is 0 Å². The van der Waals surface area contributed by atoms with Crippen molar-refractivity contribution in [1.82, 2.24) is 4.90 Å². The normalized spacial score (nSPS) is 16.7. The summed E-state index contributed by atoms with van der Waals surface area (Å²) in [6.07, 6.45) is 2.11. The zero-order valence-corrected chi connectivity index (χ0v) is 9.58. The molecule has 1 fully saturated rings. The second-order valence-electron chi connectivity index (χ2n) is 3.91. The van der Waals surface area contributed by atoms with Gasteiger partial charge in [-0.3, -0.25) is 5.41 Å². The minimum absolute atomic E-state index is 0.813. The molecule has 0 bridgehead atoms. The molecule has 1 aliphatic heterocycles. The fourth-order valence-corrected chi connectivity index (χ4v) is 2.71. The summed E-state index contributed by atoms with van der Waals surface area (Å²) in [6, 6.07) is 0. The van der Waals surface area contributed by atoms with Gasteiger partial charge in [-0.15, -0.1) is 11.3 Å². The monoisotopic (exact) mass is 208 g/mol. The molecule has 3 heteroatoms. The van der Waals surface area contributed by atoms with Gasteiger partial charge in [0.1, 0.15) is 0 Å². The van der Waals surface area contributed by atoms with Gasteiger partial charge in [0, 0.05) is 24.4 Å². The molecule has 1 saturated heterocycles. The Balaban J connectivity index is 2.10. The van der Waals surface area contributed by atoms with Crippen molar-refractivity contribution in [3.05, 3.63) is 21.4 Å². The van der Waals surface area contributed by atoms with Crippen LogP contribution in [0.2, 0.25) is 0 Å². The van der Waals surface area contributed by atoms with E-state index in [-0.39, 0.29) is 0 Å². The zero-order valence-electron chi connectivity index (χ0n) is 8.76. The van der Waals surface area contributed by atoms with Gasteiger partial charge < -0.3 is 4.90 Å². The number of thiophene rings is 1. The molecule has 76 valence electrons. The van der Waals surface area contributed by atoms with E-state index in [4.69, 9.17) is 5.41 Å². The topological polar surface area (TPSA) is 27.1 Å². The highest BCUT2D eigenvalue weighted by molar-refractivity contribution is 7.10. The lowest BCUT2D eigenvalue weighted by Gasteiger charge is -2.17. The summed E-state index contributed by atoms with van der Waals surface area (Å²) >= 11 is 1.82. The lowest BCUT2D eigenvalue weighted by Crippen LogP contribution is -2.23. The first-order chi connectivity index (χ1) is 6.68. The van der Waals surface area contributed by atoms with Crippen molar-refractivity contribution in [2.75, 3.05) is 6.54 Å². The van der Waals surface area contributed by atoms with Crippen LogP contribution in [-0.2, 0) is 6.54 Å². The molecule has 1 aromatic heterocycles. The van der Waals surface area contributed by atoms with E-state index in [2.05, 4.69) is 24.1 Å². The Hall–Kier alpha value is -0.830. The van der Waals surface area contributed by atoms with E-state index in [1.165, 1.54) is 16.0 Å². The molecule has 1 aromatic rings. The summed E-state index contributed by atoms with van der Waals surface area (Å²) < 4.78 is 0. The smallest absolute Gasteiger partial charge is 0.0961 e. The van der Waals surface area contributed by atoms with Gasteiger partial charge in [0.25, 0.3) is 0 Å². The summed E-state index contributed by atoms with van der Waals surface area (Å²) in [5.74, 6) is 0.813. The number of nitrogens with one attached hydrogen (secondary N) is 1. The summed E-state index contributed by atoms with van der Waals surface area (Å²) in [5.41, 5.74) is 2.81. The highest BCUT2D eigenvalue weighted by atomic mass is 32.1. The SMILES string of the molecule is Cc1scc(CN2CCCC2=N)c1C. The van der Waals surface area contributed by atoms with Crippen molar-refractivity contribution >= 4 is 17.2 Å². The van der Waals surface area contributed by atoms with Gasteiger partial charge in [0.05, 0.1) is 5.84 Å². The van der Waals surface area contributed by atoms with Crippen LogP contribution in [0.15, 0.2) is 5.38 Å². The molecule has 2 nitrogen and oxygen atoms in total. The predicted octanol–water partition coefficient (Wildman–Crippen LogP) is 2.94. The van der Waals surface area contributed by atoms with E-state index in [9.17, 15) is 0 Å². The molecule has 1 aliphatic rings. The molecule has 1 N–H and O–H groups in total. The Morgan fingerprint density at radius 3 is 2.79 bits per heavy atom. The number of hydrogen-bond donors (Lipinski definition) is 1. The van der Waals surface area contributed by atoms with Crippen LogP contribution in [0.4, 0.5) is 0 Å².